The van der Waals surface area contributed by atoms with Crippen LogP contribution in [0.4, 0.5) is 5.69 Å². The molecule has 2 aliphatic carbocycles. The topological polar surface area (TPSA) is 86.3 Å². The maximum Gasteiger partial charge on any atom is 0.228 e. The third-order valence-corrected chi connectivity index (χ3v) is 5.03. The SMILES string of the molecule is CC(=O)c1cccc(NC(=O)[C@H]2[C@H]3CC[C@@H](C3)[C@H]2C(=O)[O-])c1. The van der Waals surface area contributed by atoms with Crippen molar-refractivity contribution in [3.05, 3.63) is 29.8 Å². The van der Waals surface area contributed by atoms with Gasteiger partial charge in [-0.05, 0) is 50.2 Å². The Balaban J connectivity index is 1.78. The van der Waals surface area contributed by atoms with Gasteiger partial charge in [-0.2, -0.15) is 0 Å². The predicted molar refractivity (Wildman–Crippen MR) is 77.9 cm³/mol. The molecule has 1 aromatic carbocycles. The lowest BCUT2D eigenvalue weighted by Gasteiger charge is -2.30. The van der Waals surface area contributed by atoms with Gasteiger partial charge in [-0.3, -0.25) is 9.59 Å². The summed E-state index contributed by atoms with van der Waals surface area (Å²) in [5.74, 6) is -2.49. The smallest absolute Gasteiger partial charge is 0.228 e. The Labute approximate surface area is 128 Å². The lowest BCUT2D eigenvalue weighted by molar-refractivity contribution is -0.314. The van der Waals surface area contributed by atoms with Crippen LogP contribution in [-0.4, -0.2) is 17.7 Å². The van der Waals surface area contributed by atoms with Gasteiger partial charge in [0.1, 0.15) is 0 Å². The fraction of sp³-hybridized carbons (Fsp3) is 0.471. The number of carbonyl (C=O) groups is 3. The first-order chi connectivity index (χ1) is 10.5. The van der Waals surface area contributed by atoms with Gasteiger partial charge in [0.05, 0.1) is 0 Å². The summed E-state index contributed by atoms with van der Waals surface area (Å²) in [7, 11) is 0. The fourth-order valence-electron chi connectivity index (χ4n) is 4.05. The molecule has 2 fully saturated rings. The van der Waals surface area contributed by atoms with E-state index in [-0.39, 0.29) is 23.5 Å². The summed E-state index contributed by atoms with van der Waals surface area (Å²) in [6.07, 6.45) is 2.57. The van der Waals surface area contributed by atoms with E-state index in [0.717, 1.165) is 19.3 Å². The molecule has 0 unspecified atom stereocenters. The van der Waals surface area contributed by atoms with Crippen molar-refractivity contribution in [2.45, 2.75) is 26.2 Å². The molecule has 2 aliphatic rings. The Hall–Kier alpha value is -2.17. The Morgan fingerprint density at radius 1 is 1.14 bits per heavy atom. The van der Waals surface area contributed by atoms with Crippen molar-refractivity contribution in [2.24, 2.45) is 23.7 Å². The van der Waals surface area contributed by atoms with Gasteiger partial charge in [0.2, 0.25) is 5.91 Å². The highest BCUT2D eigenvalue weighted by molar-refractivity contribution is 5.98. The highest BCUT2D eigenvalue weighted by Crippen LogP contribution is 2.52. The molecule has 1 amide bonds. The molecule has 0 radical (unpaired) electrons. The van der Waals surface area contributed by atoms with E-state index < -0.39 is 17.8 Å². The minimum absolute atomic E-state index is 0.0642. The van der Waals surface area contributed by atoms with Crippen molar-refractivity contribution in [3.8, 4) is 0 Å². The summed E-state index contributed by atoms with van der Waals surface area (Å²) in [5.41, 5.74) is 1.04. The van der Waals surface area contributed by atoms with Gasteiger partial charge in [-0.15, -0.1) is 0 Å². The van der Waals surface area contributed by atoms with Crippen molar-refractivity contribution in [2.75, 3.05) is 5.32 Å². The van der Waals surface area contributed by atoms with Gasteiger partial charge in [-0.1, -0.05) is 12.1 Å². The summed E-state index contributed by atoms with van der Waals surface area (Å²) in [5, 5.41) is 14.1. The third kappa shape index (κ3) is 2.51. The van der Waals surface area contributed by atoms with E-state index in [1.165, 1.54) is 6.92 Å². The molecular weight excluding hydrogens is 282 g/mol. The highest BCUT2D eigenvalue weighted by atomic mass is 16.4. The first-order valence-electron chi connectivity index (χ1n) is 7.60. The second-order valence-electron chi connectivity index (χ2n) is 6.33. The van der Waals surface area contributed by atoms with E-state index >= 15 is 0 Å². The largest absolute Gasteiger partial charge is 0.550 e. The fourth-order valence-corrected chi connectivity index (χ4v) is 4.05. The number of aliphatic carboxylic acids is 1. The average Bonchev–Trinajstić information content (AvgIpc) is 3.07. The van der Waals surface area contributed by atoms with Crippen molar-refractivity contribution < 1.29 is 19.5 Å². The van der Waals surface area contributed by atoms with Crippen LogP contribution in [0, 0.1) is 23.7 Å². The maximum atomic E-state index is 12.5. The molecule has 1 aromatic rings. The highest BCUT2D eigenvalue weighted by Gasteiger charge is 2.51. The minimum atomic E-state index is -1.12. The molecule has 2 bridgehead atoms. The van der Waals surface area contributed by atoms with Gasteiger partial charge < -0.3 is 15.2 Å². The zero-order valence-electron chi connectivity index (χ0n) is 12.4. The summed E-state index contributed by atoms with van der Waals surface area (Å²) < 4.78 is 0. The number of anilines is 1. The number of carboxylic acid groups (broad SMARTS) is 1. The number of Topliss-reactive ketones (excluding diaryl/α,β-unsaturated/α-hetero) is 1. The number of fused-ring (bicyclic) bond motifs is 2. The Bertz CT molecular complexity index is 639. The van der Waals surface area contributed by atoms with Gasteiger partial charge in [0.15, 0.2) is 5.78 Å². The number of benzene rings is 1. The van der Waals surface area contributed by atoms with Crippen LogP contribution in [0.15, 0.2) is 24.3 Å². The summed E-state index contributed by atoms with van der Waals surface area (Å²) >= 11 is 0. The van der Waals surface area contributed by atoms with Crippen LogP contribution in [0.3, 0.4) is 0 Å². The van der Waals surface area contributed by atoms with E-state index in [4.69, 9.17) is 0 Å². The molecule has 0 aliphatic heterocycles. The van der Waals surface area contributed by atoms with Crippen molar-refractivity contribution in [3.63, 3.8) is 0 Å². The first kappa shape index (κ1) is 14.8. The summed E-state index contributed by atoms with van der Waals surface area (Å²) in [4.78, 5) is 35.3. The standard InChI is InChI=1S/C17H19NO4/c1-9(19)10-3-2-4-13(8-10)18-16(20)14-11-5-6-12(7-11)15(14)17(21)22/h2-4,8,11-12,14-15H,5-7H2,1H3,(H,18,20)(H,21,22)/p-1/t11-,12-,14-,15+/m0/s1. The Morgan fingerprint density at radius 3 is 2.45 bits per heavy atom. The number of amides is 1. The molecule has 2 saturated carbocycles. The molecule has 3 rings (SSSR count). The normalized spacial score (nSPS) is 29.3. The number of rotatable bonds is 4. The molecule has 5 heteroatoms. The third-order valence-electron chi connectivity index (χ3n) is 5.03. The quantitative estimate of drug-likeness (QED) is 0.848. The van der Waals surface area contributed by atoms with E-state index in [2.05, 4.69) is 5.32 Å². The average molecular weight is 300 g/mol. The van der Waals surface area contributed by atoms with Crippen LogP contribution in [0.5, 0.6) is 0 Å². The summed E-state index contributed by atoms with van der Waals surface area (Å²) in [6.45, 7) is 1.46. The predicted octanol–water partition coefficient (Wildman–Crippen LogP) is 1.24. The molecule has 1 N–H and O–H groups in total. The zero-order chi connectivity index (χ0) is 15.9. The van der Waals surface area contributed by atoms with E-state index in [9.17, 15) is 19.5 Å². The number of nitrogens with one attached hydrogen (secondary N) is 1. The van der Waals surface area contributed by atoms with Gasteiger partial charge in [0, 0.05) is 29.1 Å². The Morgan fingerprint density at radius 2 is 1.82 bits per heavy atom. The molecule has 4 atom stereocenters. The molecule has 0 heterocycles. The van der Waals surface area contributed by atoms with Crippen LogP contribution >= 0.6 is 0 Å². The maximum absolute atomic E-state index is 12.5. The van der Waals surface area contributed by atoms with Crippen LogP contribution in [0.1, 0.15) is 36.5 Å². The van der Waals surface area contributed by atoms with E-state index in [1.54, 1.807) is 24.3 Å². The number of hydrogen-bond acceptors (Lipinski definition) is 4. The zero-order valence-corrected chi connectivity index (χ0v) is 12.4. The van der Waals surface area contributed by atoms with Crippen LogP contribution < -0.4 is 10.4 Å². The second-order valence-corrected chi connectivity index (χ2v) is 6.33. The van der Waals surface area contributed by atoms with Crippen molar-refractivity contribution in [1.82, 2.24) is 0 Å². The molecule has 0 spiro atoms. The minimum Gasteiger partial charge on any atom is -0.550 e. The van der Waals surface area contributed by atoms with Gasteiger partial charge >= 0.3 is 0 Å². The molecule has 22 heavy (non-hydrogen) atoms. The van der Waals surface area contributed by atoms with E-state index in [0.29, 0.717) is 11.3 Å². The van der Waals surface area contributed by atoms with Gasteiger partial charge in [-0.25, -0.2) is 0 Å². The van der Waals surface area contributed by atoms with Crippen molar-refractivity contribution in [1.29, 1.82) is 0 Å². The lowest BCUT2D eigenvalue weighted by atomic mass is 9.78. The van der Waals surface area contributed by atoms with Crippen LogP contribution in [-0.2, 0) is 9.59 Å². The van der Waals surface area contributed by atoms with E-state index in [1.807, 2.05) is 0 Å². The molecule has 0 saturated heterocycles. The number of carbonyl (C=O) groups excluding carboxylic acids is 3. The summed E-state index contributed by atoms with van der Waals surface area (Å²) in [6, 6.07) is 6.69. The second kappa shape index (κ2) is 5.55. The van der Waals surface area contributed by atoms with Crippen LogP contribution in [0.25, 0.3) is 0 Å². The van der Waals surface area contributed by atoms with Crippen LogP contribution in [0.2, 0.25) is 0 Å². The number of ketones is 1. The number of hydrogen-bond donors (Lipinski definition) is 1. The first-order valence-corrected chi connectivity index (χ1v) is 7.60. The number of carboxylic acids is 1. The molecule has 5 nitrogen and oxygen atoms in total. The molecular formula is C17H18NO4-. The lowest BCUT2D eigenvalue weighted by Crippen LogP contribution is -2.43. The molecule has 0 aromatic heterocycles. The molecule has 116 valence electrons. The monoisotopic (exact) mass is 300 g/mol. The van der Waals surface area contributed by atoms with Crippen molar-refractivity contribution >= 4 is 23.3 Å². The van der Waals surface area contributed by atoms with Gasteiger partial charge in [0.25, 0.3) is 0 Å². The Kier molecular flexibility index (Phi) is 3.72.